The molecule has 0 unspecified atom stereocenters. The summed E-state index contributed by atoms with van der Waals surface area (Å²) in [5, 5.41) is 10.2. The van der Waals surface area contributed by atoms with Crippen molar-refractivity contribution in [2.75, 3.05) is 0 Å². The molecule has 3 N–H and O–H groups in total. The number of aromatic amines is 2. The molecule has 0 aliphatic carbocycles. The standard InChI is InChI=1S/C15H14N2O2/c1-8-4-3-5-12-14(8)11(7-16-12)13-6-10(15(18)19)9(2)17-13/h3-7,16-17H,1-2H3,(H,18,19). The van der Waals surface area contributed by atoms with Gasteiger partial charge in [0.15, 0.2) is 0 Å². The zero-order chi connectivity index (χ0) is 13.6. The van der Waals surface area contributed by atoms with Gasteiger partial charge in [-0.1, -0.05) is 12.1 Å². The van der Waals surface area contributed by atoms with Gasteiger partial charge in [0.1, 0.15) is 0 Å². The molecule has 0 amide bonds. The molecule has 2 aromatic heterocycles. The van der Waals surface area contributed by atoms with Gasteiger partial charge in [0, 0.05) is 34.1 Å². The number of benzene rings is 1. The van der Waals surface area contributed by atoms with Crippen molar-refractivity contribution in [3.05, 3.63) is 47.3 Å². The molecule has 0 aliphatic rings. The summed E-state index contributed by atoms with van der Waals surface area (Å²) in [6.45, 7) is 3.82. The van der Waals surface area contributed by atoms with Gasteiger partial charge in [0.25, 0.3) is 0 Å². The van der Waals surface area contributed by atoms with Gasteiger partial charge in [-0.05, 0) is 31.5 Å². The Hall–Kier alpha value is -2.49. The van der Waals surface area contributed by atoms with Crippen molar-refractivity contribution in [3.63, 3.8) is 0 Å². The third-order valence-corrected chi connectivity index (χ3v) is 3.45. The van der Waals surface area contributed by atoms with Crippen LogP contribution in [0.3, 0.4) is 0 Å². The highest BCUT2D eigenvalue weighted by Gasteiger charge is 2.15. The summed E-state index contributed by atoms with van der Waals surface area (Å²) in [5.41, 5.74) is 5.04. The minimum atomic E-state index is -0.906. The lowest BCUT2D eigenvalue weighted by Crippen LogP contribution is -1.95. The van der Waals surface area contributed by atoms with E-state index in [4.69, 9.17) is 5.11 Å². The van der Waals surface area contributed by atoms with Crippen LogP contribution in [0.15, 0.2) is 30.5 Å². The Balaban J connectivity index is 2.25. The molecule has 0 radical (unpaired) electrons. The van der Waals surface area contributed by atoms with Gasteiger partial charge in [-0.15, -0.1) is 0 Å². The Morgan fingerprint density at radius 2 is 2.05 bits per heavy atom. The third kappa shape index (κ3) is 1.73. The zero-order valence-electron chi connectivity index (χ0n) is 10.7. The number of carboxylic acid groups (broad SMARTS) is 1. The van der Waals surface area contributed by atoms with Crippen LogP contribution in [0, 0.1) is 13.8 Å². The molecule has 0 spiro atoms. The molecule has 0 atom stereocenters. The van der Waals surface area contributed by atoms with Gasteiger partial charge in [-0.25, -0.2) is 4.79 Å². The highest BCUT2D eigenvalue weighted by atomic mass is 16.4. The van der Waals surface area contributed by atoms with E-state index in [1.807, 2.05) is 31.3 Å². The van der Waals surface area contributed by atoms with E-state index in [1.165, 1.54) is 0 Å². The third-order valence-electron chi connectivity index (χ3n) is 3.45. The van der Waals surface area contributed by atoms with Crippen molar-refractivity contribution in [2.45, 2.75) is 13.8 Å². The lowest BCUT2D eigenvalue weighted by Gasteiger charge is -1.99. The van der Waals surface area contributed by atoms with Gasteiger partial charge in [-0.2, -0.15) is 0 Å². The maximum absolute atomic E-state index is 11.1. The average Bonchev–Trinajstić information content (AvgIpc) is 2.93. The lowest BCUT2D eigenvalue weighted by atomic mass is 10.1. The summed E-state index contributed by atoms with van der Waals surface area (Å²) in [4.78, 5) is 17.5. The summed E-state index contributed by atoms with van der Waals surface area (Å²) >= 11 is 0. The first-order valence-corrected chi connectivity index (χ1v) is 6.08. The topological polar surface area (TPSA) is 68.9 Å². The second kappa shape index (κ2) is 4.02. The fourth-order valence-electron chi connectivity index (χ4n) is 2.51. The Morgan fingerprint density at radius 1 is 1.26 bits per heavy atom. The number of nitrogens with one attached hydrogen (secondary N) is 2. The van der Waals surface area contributed by atoms with E-state index in [9.17, 15) is 4.79 Å². The number of carbonyl (C=O) groups is 1. The van der Waals surface area contributed by atoms with Crippen LogP contribution in [0.2, 0.25) is 0 Å². The molecule has 0 saturated carbocycles. The first-order valence-electron chi connectivity index (χ1n) is 6.08. The van der Waals surface area contributed by atoms with E-state index < -0.39 is 5.97 Å². The summed E-state index contributed by atoms with van der Waals surface area (Å²) in [6, 6.07) is 7.75. The largest absolute Gasteiger partial charge is 0.478 e. The quantitative estimate of drug-likeness (QED) is 0.655. The van der Waals surface area contributed by atoms with Crippen molar-refractivity contribution in [1.82, 2.24) is 9.97 Å². The predicted molar refractivity (Wildman–Crippen MR) is 74.5 cm³/mol. The van der Waals surface area contributed by atoms with E-state index in [-0.39, 0.29) is 0 Å². The molecule has 4 heteroatoms. The molecular formula is C15H14N2O2. The van der Waals surface area contributed by atoms with Crippen LogP contribution in [0.5, 0.6) is 0 Å². The molecule has 0 saturated heterocycles. The summed E-state index contributed by atoms with van der Waals surface area (Å²) in [7, 11) is 0. The minimum absolute atomic E-state index is 0.318. The first-order chi connectivity index (χ1) is 9.08. The van der Waals surface area contributed by atoms with Gasteiger partial charge in [-0.3, -0.25) is 0 Å². The Morgan fingerprint density at radius 3 is 2.74 bits per heavy atom. The van der Waals surface area contributed by atoms with Crippen LogP contribution in [0.4, 0.5) is 0 Å². The molecule has 0 fully saturated rings. The molecule has 1 aromatic carbocycles. The Kier molecular flexibility index (Phi) is 2.45. The van der Waals surface area contributed by atoms with Crippen molar-refractivity contribution >= 4 is 16.9 Å². The molecule has 0 bridgehead atoms. The van der Waals surface area contributed by atoms with E-state index in [0.717, 1.165) is 27.7 Å². The lowest BCUT2D eigenvalue weighted by molar-refractivity contribution is 0.0696. The van der Waals surface area contributed by atoms with Gasteiger partial charge in [0.05, 0.1) is 5.56 Å². The molecule has 2 heterocycles. The van der Waals surface area contributed by atoms with E-state index >= 15 is 0 Å². The number of H-pyrrole nitrogens is 2. The van der Waals surface area contributed by atoms with Gasteiger partial charge >= 0.3 is 5.97 Å². The monoisotopic (exact) mass is 254 g/mol. The van der Waals surface area contributed by atoms with Crippen molar-refractivity contribution in [2.24, 2.45) is 0 Å². The smallest absolute Gasteiger partial charge is 0.337 e. The van der Waals surface area contributed by atoms with E-state index in [1.54, 1.807) is 13.0 Å². The first kappa shape index (κ1) is 11.6. The zero-order valence-corrected chi connectivity index (χ0v) is 10.7. The SMILES string of the molecule is Cc1[nH]c(-c2c[nH]c3cccc(C)c23)cc1C(=O)O. The molecule has 0 aliphatic heterocycles. The normalized spacial score (nSPS) is 11.1. The van der Waals surface area contributed by atoms with Gasteiger partial charge < -0.3 is 15.1 Å². The summed E-state index contributed by atoms with van der Waals surface area (Å²) < 4.78 is 0. The van der Waals surface area contributed by atoms with Crippen LogP contribution in [-0.2, 0) is 0 Å². The van der Waals surface area contributed by atoms with E-state index in [0.29, 0.717) is 11.3 Å². The number of hydrogen-bond acceptors (Lipinski definition) is 1. The number of carboxylic acids is 1. The molecule has 3 rings (SSSR count). The summed E-state index contributed by atoms with van der Waals surface area (Å²) in [6.07, 6.45) is 1.91. The number of aryl methyl sites for hydroxylation is 2. The highest BCUT2D eigenvalue weighted by molar-refractivity contribution is 5.99. The molecular weight excluding hydrogens is 240 g/mol. The fraction of sp³-hybridized carbons (Fsp3) is 0.133. The minimum Gasteiger partial charge on any atom is -0.478 e. The molecule has 19 heavy (non-hydrogen) atoms. The van der Waals surface area contributed by atoms with Crippen LogP contribution < -0.4 is 0 Å². The second-order valence-corrected chi connectivity index (χ2v) is 4.73. The van der Waals surface area contributed by atoms with Crippen LogP contribution in [0.25, 0.3) is 22.2 Å². The van der Waals surface area contributed by atoms with Gasteiger partial charge in [0.2, 0.25) is 0 Å². The molecule has 96 valence electrons. The number of rotatable bonds is 2. The number of hydrogen-bond donors (Lipinski definition) is 3. The summed E-state index contributed by atoms with van der Waals surface area (Å²) in [5.74, 6) is -0.906. The maximum atomic E-state index is 11.1. The Bertz CT molecular complexity index is 781. The van der Waals surface area contributed by atoms with Crippen LogP contribution in [0.1, 0.15) is 21.6 Å². The number of aromatic nitrogens is 2. The number of aromatic carboxylic acids is 1. The molecule has 4 nitrogen and oxygen atoms in total. The number of fused-ring (bicyclic) bond motifs is 1. The molecule has 3 aromatic rings. The average molecular weight is 254 g/mol. The second-order valence-electron chi connectivity index (χ2n) is 4.73. The van der Waals surface area contributed by atoms with Crippen LogP contribution >= 0.6 is 0 Å². The van der Waals surface area contributed by atoms with Crippen molar-refractivity contribution in [3.8, 4) is 11.3 Å². The maximum Gasteiger partial charge on any atom is 0.337 e. The fourth-order valence-corrected chi connectivity index (χ4v) is 2.51. The van der Waals surface area contributed by atoms with E-state index in [2.05, 4.69) is 9.97 Å². The Labute approximate surface area is 110 Å². The van der Waals surface area contributed by atoms with Crippen molar-refractivity contribution in [1.29, 1.82) is 0 Å². The van der Waals surface area contributed by atoms with Crippen molar-refractivity contribution < 1.29 is 9.90 Å². The highest BCUT2D eigenvalue weighted by Crippen LogP contribution is 2.31. The van der Waals surface area contributed by atoms with Crippen LogP contribution in [-0.4, -0.2) is 21.0 Å². The predicted octanol–water partition coefficient (Wildman–Crippen LogP) is 3.48.